The first kappa shape index (κ1) is 17.6. The van der Waals surface area contributed by atoms with Gasteiger partial charge in [-0.05, 0) is 37.9 Å². The molecule has 2 aliphatic rings. The number of H-pyrrole nitrogens is 1. The number of likely N-dealkylation sites (N-methyl/N-ethyl adjacent to an activating group) is 1. The summed E-state index contributed by atoms with van der Waals surface area (Å²) in [6.45, 7) is 0.941. The number of nitrogens with zero attached hydrogens (tertiary/aromatic N) is 3. The Hall–Kier alpha value is -2.77. The predicted molar refractivity (Wildman–Crippen MR) is 102 cm³/mol. The van der Waals surface area contributed by atoms with E-state index in [-0.39, 0.29) is 17.4 Å². The van der Waals surface area contributed by atoms with Crippen LogP contribution in [-0.4, -0.2) is 59.5 Å². The number of pyridine rings is 1. The standard InChI is InChI=1S/C19H17ClN4O3/c1-23(2)5-6-24-18(26)11-7-10-8-15(16-13(20)3-4-21-17(16)25)22-14(10)9-12(11)19(24)27/h3-4,7,9H,5-6,8H2,1-2H3,(H,21,25). The molecule has 138 valence electrons. The van der Waals surface area contributed by atoms with Gasteiger partial charge in [0.25, 0.3) is 17.4 Å². The number of imide groups is 1. The molecule has 2 aliphatic heterocycles. The second kappa shape index (κ2) is 6.44. The molecule has 1 N–H and O–H groups in total. The Morgan fingerprint density at radius 2 is 1.89 bits per heavy atom. The fourth-order valence-corrected chi connectivity index (χ4v) is 3.61. The number of carbonyl (C=O) groups is 2. The number of hydrogen-bond donors (Lipinski definition) is 1. The highest BCUT2D eigenvalue weighted by molar-refractivity contribution is 6.34. The van der Waals surface area contributed by atoms with Crippen LogP contribution in [0.3, 0.4) is 0 Å². The third-order valence-corrected chi connectivity index (χ3v) is 5.07. The summed E-state index contributed by atoms with van der Waals surface area (Å²) in [5.74, 6) is -0.595. The monoisotopic (exact) mass is 384 g/mol. The van der Waals surface area contributed by atoms with E-state index in [1.54, 1.807) is 18.2 Å². The van der Waals surface area contributed by atoms with Gasteiger partial charge in [0.15, 0.2) is 0 Å². The van der Waals surface area contributed by atoms with Crippen molar-refractivity contribution in [1.29, 1.82) is 0 Å². The number of halogens is 1. The zero-order chi connectivity index (χ0) is 19.3. The summed E-state index contributed by atoms with van der Waals surface area (Å²) in [7, 11) is 3.78. The minimum atomic E-state index is -0.316. The molecule has 0 unspecified atom stereocenters. The van der Waals surface area contributed by atoms with Gasteiger partial charge in [-0.25, -0.2) is 0 Å². The molecule has 2 amide bonds. The van der Waals surface area contributed by atoms with Crippen LogP contribution < -0.4 is 5.56 Å². The second-order valence-corrected chi connectivity index (χ2v) is 7.26. The van der Waals surface area contributed by atoms with Crippen LogP contribution in [0.1, 0.15) is 31.8 Å². The van der Waals surface area contributed by atoms with Gasteiger partial charge >= 0.3 is 0 Å². The summed E-state index contributed by atoms with van der Waals surface area (Å²) in [6.07, 6.45) is 1.86. The molecule has 0 atom stereocenters. The van der Waals surface area contributed by atoms with Gasteiger partial charge in [-0.15, -0.1) is 0 Å². The molecule has 1 aromatic carbocycles. The van der Waals surface area contributed by atoms with Crippen LogP contribution in [0.2, 0.25) is 5.02 Å². The molecule has 0 aliphatic carbocycles. The lowest BCUT2D eigenvalue weighted by Gasteiger charge is -2.16. The Morgan fingerprint density at radius 3 is 2.56 bits per heavy atom. The maximum absolute atomic E-state index is 12.7. The van der Waals surface area contributed by atoms with Crippen LogP contribution >= 0.6 is 11.6 Å². The number of aromatic nitrogens is 1. The Balaban J connectivity index is 1.70. The van der Waals surface area contributed by atoms with Gasteiger partial charge < -0.3 is 9.88 Å². The zero-order valence-electron chi connectivity index (χ0n) is 14.9. The van der Waals surface area contributed by atoms with Gasteiger partial charge in [0.1, 0.15) is 0 Å². The van der Waals surface area contributed by atoms with Crippen LogP contribution in [0, 0.1) is 0 Å². The summed E-state index contributed by atoms with van der Waals surface area (Å²) in [5, 5.41) is 0.319. The molecule has 0 fully saturated rings. The lowest BCUT2D eigenvalue weighted by Crippen LogP contribution is -2.35. The number of nitrogens with one attached hydrogen (secondary N) is 1. The minimum absolute atomic E-state index is 0.288. The summed E-state index contributed by atoms with van der Waals surface area (Å²) in [6, 6.07) is 4.94. The van der Waals surface area contributed by atoms with Crippen LogP contribution in [0.15, 0.2) is 34.2 Å². The van der Waals surface area contributed by atoms with Crippen molar-refractivity contribution in [2.45, 2.75) is 6.42 Å². The van der Waals surface area contributed by atoms with E-state index in [4.69, 9.17) is 11.6 Å². The van der Waals surface area contributed by atoms with Crippen LogP contribution in [0.4, 0.5) is 5.69 Å². The fraction of sp³-hybridized carbons (Fsp3) is 0.263. The first-order chi connectivity index (χ1) is 12.9. The third kappa shape index (κ3) is 2.89. The molecule has 8 heteroatoms. The van der Waals surface area contributed by atoms with Crippen LogP contribution in [0.5, 0.6) is 0 Å². The fourth-order valence-electron chi connectivity index (χ4n) is 3.35. The molecule has 4 rings (SSSR count). The Morgan fingerprint density at radius 1 is 1.19 bits per heavy atom. The van der Waals surface area contributed by atoms with Crippen LogP contribution in [0.25, 0.3) is 0 Å². The number of amides is 2. The van der Waals surface area contributed by atoms with Gasteiger partial charge in [0, 0.05) is 25.7 Å². The number of carbonyl (C=O) groups excluding carboxylic acids is 2. The molecular formula is C19H17ClN4O3. The molecule has 7 nitrogen and oxygen atoms in total. The first-order valence-corrected chi connectivity index (χ1v) is 8.87. The molecule has 0 saturated carbocycles. The first-order valence-electron chi connectivity index (χ1n) is 8.50. The molecule has 0 saturated heterocycles. The van der Waals surface area contributed by atoms with E-state index in [0.717, 1.165) is 5.56 Å². The molecule has 3 heterocycles. The average Bonchev–Trinajstić information content (AvgIpc) is 3.11. The molecule has 0 spiro atoms. The van der Waals surface area contributed by atoms with Crippen molar-refractivity contribution >= 4 is 34.8 Å². The van der Waals surface area contributed by atoms with Crippen molar-refractivity contribution < 1.29 is 9.59 Å². The van der Waals surface area contributed by atoms with Crippen molar-refractivity contribution in [3.05, 3.63) is 62.0 Å². The highest BCUT2D eigenvalue weighted by atomic mass is 35.5. The molecule has 27 heavy (non-hydrogen) atoms. The number of rotatable bonds is 4. The van der Waals surface area contributed by atoms with E-state index in [0.29, 0.717) is 52.6 Å². The molecule has 1 aromatic heterocycles. The number of aliphatic imine (C=N–C) groups is 1. The quantitative estimate of drug-likeness (QED) is 0.815. The van der Waals surface area contributed by atoms with Gasteiger partial charge in [0.05, 0.1) is 33.1 Å². The van der Waals surface area contributed by atoms with Crippen molar-refractivity contribution in [2.75, 3.05) is 27.2 Å². The maximum atomic E-state index is 12.7. The van der Waals surface area contributed by atoms with Crippen molar-refractivity contribution in [2.24, 2.45) is 4.99 Å². The van der Waals surface area contributed by atoms with Gasteiger partial charge in [0.2, 0.25) is 0 Å². The van der Waals surface area contributed by atoms with Crippen LogP contribution in [-0.2, 0) is 6.42 Å². The Labute approximate surface area is 160 Å². The van der Waals surface area contributed by atoms with E-state index in [9.17, 15) is 14.4 Å². The molecule has 0 radical (unpaired) electrons. The van der Waals surface area contributed by atoms with Gasteiger partial charge in [-0.3, -0.25) is 24.3 Å². The largest absolute Gasteiger partial charge is 0.328 e. The number of aromatic amines is 1. The Bertz CT molecular complexity index is 1070. The van der Waals surface area contributed by atoms with Gasteiger partial charge in [-0.2, -0.15) is 0 Å². The molecule has 0 bridgehead atoms. The van der Waals surface area contributed by atoms with E-state index < -0.39 is 0 Å². The molecule has 2 aromatic rings. The number of benzene rings is 1. The van der Waals surface area contributed by atoms with E-state index in [1.165, 1.54) is 11.1 Å². The molecular weight excluding hydrogens is 368 g/mol. The number of hydrogen-bond acceptors (Lipinski definition) is 5. The summed E-state index contributed by atoms with van der Waals surface area (Å²) in [4.78, 5) is 47.7. The van der Waals surface area contributed by atoms with E-state index >= 15 is 0 Å². The second-order valence-electron chi connectivity index (χ2n) is 6.86. The number of fused-ring (bicyclic) bond motifs is 2. The third-order valence-electron chi connectivity index (χ3n) is 4.75. The maximum Gasteiger partial charge on any atom is 0.261 e. The van der Waals surface area contributed by atoms with Crippen molar-refractivity contribution in [3.8, 4) is 0 Å². The highest BCUT2D eigenvalue weighted by Gasteiger charge is 2.37. The normalized spacial score (nSPS) is 15.4. The summed E-state index contributed by atoms with van der Waals surface area (Å²) in [5.41, 5.74) is 2.68. The topological polar surface area (TPSA) is 85.8 Å². The van der Waals surface area contributed by atoms with Crippen molar-refractivity contribution in [3.63, 3.8) is 0 Å². The van der Waals surface area contributed by atoms with E-state index in [1.807, 2.05) is 19.0 Å². The van der Waals surface area contributed by atoms with Gasteiger partial charge in [-0.1, -0.05) is 11.6 Å². The predicted octanol–water partition coefficient (Wildman–Crippen LogP) is 1.86. The smallest absolute Gasteiger partial charge is 0.261 e. The highest BCUT2D eigenvalue weighted by Crippen LogP contribution is 2.35. The average molecular weight is 385 g/mol. The van der Waals surface area contributed by atoms with Crippen molar-refractivity contribution in [1.82, 2.24) is 14.8 Å². The lowest BCUT2D eigenvalue weighted by molar-refractivity contribution is 0.0645. The summed E-state index contributed by atoms with van der Waals surface area (Å²) >= 11 is 6.16. The van der Waals surface area contributed by atoms with E-state index in [2.05, 4.69) is 9.98 Å². The lowest BCUT2D eigenvalue weighted by atomic mass is 10.0. The minimum Gasteiger partial charge on any atom is -0.328 e. The zero-order valence-corrected chi connectivity index (χ0v) is 15.6. The Kier molecular flexibility index (Phi) is 4.20. The summed E-state index contributed by atoms with van der Waals surface area (Å²) < 4.78 is 0. The SMILES string of the molecule is CN(C)CCN1C(=O)c2cc3c(cc2C1=O)N=C(c1c(Cl)cc[nH]c1=O)C3.